The van der Waals surface area contributed by atoms with Crippen LogP contribution in [0.2, 0.25) is 0 Å². The first-order chi connectivity index (χ1) is 6.35. The van der Waals surface area contributed by atoms with Gasteiger partial charge in [0.05, 0.1) is 13.2 Å². The smallest absolute Gasteiger partial charge is 0.0700 e. The van der Waals surface area contributed by atoms with Crippen LogP contribution >= 0.6 is 11.6 Å². The maximum Gasteiger partial charge on any atom is 0.0700 e. The van der Waals surface area contributed by atoms with Gasteiger partial charge in [-0.1, -0.05) is 13.3 Å². The van der Waals surface area contributed by atoms with Crippen molar-refractivity contribution in [3.63, 3.8) is 0 Å². The molecule has 0 fully saturated rings. The van der Waals surface area contributed by atoms with Crippen LogP contribution in [0.3, 0.4) is 0 Å². The molecule has 3 heteroatoms. The molecule has 0 amide bonds. The SMILES string of the molecule is CCC(CCl)CCCOCCOC. The molecule has 0 aliphatic heterocycles. The first-order valence-corrected chi connectivity index (χ1v) is 5.51. The van der Waals surface area contributed by atoms with Crippen LogP contribution in [0.15, 0.2) is 0 Å². The zero-order valence-electron chi connectivity index (χ0n) is 8.72. The molecule has 0 aromatic rings. The summed E-state index contributed by atoms with van der Waals surface area (Å²) in [6.07, 6.45) is 3.45. The number of hydrogen-bond donors (Lipinski definition) is 0. The van der Waals surface area contributed by atoms with E-state index in [0.29, 0.717) is 19.1 Å². The van der Waals surface area contributed by atoms with E-state index in [2.05, 4.69) is 6.92 Å². The molecular formula is C10H21ClO2. The zero-order valence-corrected chi connectivity index (χ0v) is 9.48. The van der Waals surface area contributed by atoms with Gasteiger partial charge in [0.1, 0.15) is 0 Å². The van der Waals surface area contributed by atoms with Gasteiger partial charge in [-0.25, -0.2) is 0 Å². The van der Waals surface area contributed by atoms with E-state index in [9.17, 15) is 0 Å². The summed E-state index contributed by atoms with van der Waals surface area (Å²) in [7, 11) is 1.68. The Kier molecular flexibility index (Phi) is 10.5. The van der Waals surface area contributed by atoms with E-state index in [1.165, 1.54) is 12.8 Å². The molecule has 0 aliphatic carbocycles. The molecule has 0 saturated carbocycles. The van der Waals surface area contributed by atoms with Crippen LogP contribution in [-0.2, 0) is 9.47 Å². The first kappa shape index (κ1) is 13.2. The number of ether oxygens (including phenoxy) is 2. The fourth-order valence-electron chi connectivity index (χ4n) is 1.11. The summed E-state index contributed by atoms with van der Waals surface area (Å²) < 4.78 is 10.2. The van der Waals surface area contributed by atoms with Gasteiger partial charge in [-0.2, -0.15) is 0 Å². The fraction of sp³-hybridized carbons (Fsp3) is 1.00. The van der Waals surface area contributed by atoms with Gasteiger partial charge >= 0.3 is 0 Å². The number of rotatable bonds is 9. The molecule has 0 spiro atoms. The zero-order chi connectivity index (χ0) is 9.94. The molecule has 1 unspecified atom stereocenters. The van der Waals surface area contributed by atoms with E-state index in [0.717, 1.165) is 18.9 Å². The molecule has 13 heavy (non-hydrogen) atoms. The van der Waals surface area contributed by atoms with Crippen molar-refractivity contribution in [3.05, 3.63) is 0 Å². The van der Waals surface area contributed by atoms with Crippen molar-refractivity contribution in [2.24, 2.45) is 5.92 Å². The predicted molar refractivity (Wildman–Crippen MR) is 56.4 cm³/mol. The molecule has 80 valence electrons. The highest BCUT2D eigenvalue weighted by Gasteiger charge is 2.03. The van der Waals surface area contributed by atoms with Gasteiger partial charge in [0.2, 0.25) is 0 Å². The maximum absolute atomic E-state index is 5.77. The molecule has 2 nitrogen and oxygen atoms in total. The molecule has 0 aliphatic rings. The average molecular weight is 209 g/mol. The van der Waals surface area contributed by atoms with Gasteiger partial charge in [-0.15, -0.1) is 11.6 Å². The van der Waals surface area contributed by atoms with Gasteiger partial charge in [0.15, 0.2) is 0 Å². The largest absolute Gasteiger partial charge is 0.382 e. The lowest BCUT2D eigenvalue weighted by Gasteiger charge is -2.10. The van der Waals surface area contributed by atoms with Crippen LogP contribution in [0.4, 0.5) is 0 Å². The second kappa shape index (κ2) is 10.3. The Balaban J connectivity index is 3.05. The standard InChI is InChI=1S/C10H21ClO2/c1-3-10(9-11)5-4-6-13-8-7-12-2/h10H,3-9H2,1-2H3. The second-order valence-electron chi connectivity index (χ2n) is 3.18. The molecule has 0 N–H and O–H groups in total. The highest BCUT2D eigenvalue weighted by Crippen LogP contribution is 2.12. The Morgan fingerprint density at radius 1 is 1.23 bits per heavy atom. The third-order valence-corrected chi connectivity index (χ3v) is 2.56. The Morgan fingerprint density at radius 3 is 2.54 bits per heavy atom. The summed E-state index contributed by atoms with van der Waals surface area (Å²) in [6, 6.07) is 0. The van der Waals surface area contributed by atoms with E-state index >= 15 is 0 Å². The van der Waals surface area contributed by atoms with Crippen LogP contribution in [0.1, 0.15) is 26.2 Å². The van der Waals surface area contributed by atoms with Gasteiger partial charge < -0.3 is 9.47 Å². The first-order valence-electron chi connectivity index (χ1n) is 4.97. The fourth-order valence-corrected chi connectivity index (χ4v) is 1.48. The summed E-state index contributed by atoms with van der Waals surface area (Å²) in [5.41, 5.74) is 0. The second-order valence-corrected chi connectivity index (χ2v) is 3.48. The van der Waals surface area contributed by atoms with E-state index in [1.807, 2.05) is 0 Å². The van der Waals surface area contributed by atoms with Gasteiger partial charge in [-0.05, 0) is 18.8 Å². The third-order valence-electron chi connectivity index (χ3n) is 2.13. The normalized spacial score (nSPS) is 13.2. The topological polar surface area (TPSA) is 18.5 Å². The molecule has 1 atom stereocenters. The van der Waals surface area contributed by atoms with Crippen molar-refractivity contribution in [1.29, 1.82) is 0 Å². The molecule has 0 radical (unpaired) electrons. The van der Waals surface area contributed by atoms with E-state index in [-0.39, 0.29) is 0 Å². The Labute approximate surface area is 86.6 Å². The summed E-state index contributed by atoms with van der Waals surface area (Å²) in [5.74, 6) is 1.43. The highest BCUT2D eigenvalue weighted by molar-refractivity contribution is 6.18. The number of halogens is 1. The van der Waals surface area contributed by atoms with Crippen LogP contribution < -0.4 is 0 Å². The lowest BCUT2D eigenvalue weighted by Crippen LogP contribution is -2.06. The number of alkyl halides is 1. The van der Waals surface area contributed by atoms with Crippen LogP contribution in [0, 0.1) is 5.92 Å². The van der Waals surface area contributed by atoms with Gasteiger partial charge in [0.25, 0.3) is 0 Å². The predicted octanol–water partition coefficient (Wildman–Crippen LogP) is 2.69. The van der Waals surface area contributed by atoms with Gasteiger partial charge in [-0.3, -0.25) is 0 Å². The molecule has 0 rings (SSSR count). The van der Waals surface area contributed by atoms with Crippen molar-refractivity contribution in [1.82, 2.24) is 0 Å². The Hall–Kier alpha value is 0.210. The van der Waals surface area contributed by atoms with E-state index < -0.39 is 0 Å². The van der Waals surface area contributed by atoms with Crippen molar-refractivity contribution < 1.29 is 9.47 Å². The molecule has 0 aromatic carbocycles. The number of methoxy groups -OCH3 is 1. The lowest BCUT2D eigenvalue weighted by molar-refractivity contribution is 0.0674. The van der Waals surface area contributed by atoms with Gasteiger partial charge in [0, 0.05) is 19.6 Å². The maximum atomic E-state index is 5.77. The number of hydrogen-bond acceptors (Lipinski definition) is 2. The van der Waals surface area contributed by atoms with Crippen molar-refractivity contribution in [2.75, 3.05) is 32.8 Å². The molecule has 0 bridgehead atoms. The monoisotopic (exact) mass is 208 g/mol. The molecular weight excluding hydrogens is 188 g/mol. The summed E-state index contributed by atoms with van der Waals surface area (Å²) >= 11 is 5.77. The van der Waals surface area contributed by atoms with Crippen LogP contribution in [0.25, 0.3) is 0 Å². The van der Waals surface area contributed by atoms with E-state index in [4.69, 9.17) is 21.1 Å². The molecule has 0 saturated heterocycles. The van der Waals surface area contributed by atoms with Crippen molar-refractivity contribution in [3.8, 4) is 0 Å². The minimum absolute atomic E-state index is 0.660. The van der Waals surface area contributed by atoms with Crippen LogP contribution in [-0.4, -0.2) is 32.8 Å². The summed E-state index contributed by atoms with van der Waals surface area (Å²) in [5, 5.41) is 0. The third kappa shape index (κ3) is 8.54. The lowest BCUT2D eigenvalue weighted by atomic mass is 10.0. The minimum Gasteiger partial charge on any atom is -0.382 e. The minimum atomic E-state index is 0.660. The Morgan fingerprint density at radius 2 is 2.00 bits per heavy atom. The van der Waals surface area contributed by atoms with E-state index in [1.54, 1.807) is 7.11 Å². The summed E-state index contributed by atoms with van der Waals surface area (Å²) in [6.45, 7) is 4.40. The summed E-state index contributed by atoms with van der Waals surface area (Å²) in [4.78, 5) is 0. The van der Waals surface area contributed by atoms with Crippen LogP contribution in [0.5, 0.6) is 0 Å². The molecule has 0 aromatic heterocycles. The van der Waals surface area contributed by atoms with Crippen molar-refractivity contribution >= 4 is 11.6 Å². The highest BCUT2D eigenvalue weighted by atomic mass is 35.5. The van der Waals surface area contributed by atoms with Crippen molar-refractivity contribution in [2.45, 2.75) is 26.2 Å². The Bertz CT molecular complexity index is 94.9. The average Bonchev–Trinajstić information content (AvgIpc) is 2.17. The molecule has 0 heterocycles. The quantitative estimate of drug-likeness (QED) is 0.429.